The summed E-state index contributed by atoms with van der Waals surface area (Å²) < 4.78 is 33.1. The molecular weight excluding hydrogens is 506 g/mol. The summed E-state index contributed by atoms with van der Waals surface area (Å²) in [5.74, 6) is -1.79. The van der Waals surface area contributed by atoms with Gasteiger partial charge in [0.2, 0.25) is 11.6 Å². The third-order valence-corrected chi connectivity index (χ3v) is 7.39. The molecule has 9 heteroatoms. The van der Waals surface area contributed by atoms with E-state index in [1.807, 2.05) is 42.6 Å². The molecule has 5 aromatic rings. The summed E-state index contributed by atoms with van der Waals surface area (Å²) >= 11 is 1.65. The zero-order valence-electron chi connectivity index (χ0n) is 20.2. The van der Waals surface area contributed by atoms with Gasteiger partial charge in [0, 0.05) is 27.9 Å². The Bertz CT molecular complexity index is 1730. The minimum atomic E-state index is -1.05. The summed E-state index contributed by atoms with van der Waals surface area (Å²) in [6.07, 6.45) is 0. The predicted molar refractivity (Wildman–Crippen MR) is 145 cm³/mol. The number of anilines is 1. The number of nitrogens with zero attached hydrogens (tertiary/aromatic N) is 1. The molecule has 6 rings (SSSR count). The second-order valence-corrected chi connectivity index (χ2v) is 9.84. The molecule has 1 aliphatic rings. The molecule has 190 valence electrons. The summed E-state index contributed by atoms with van der Waals surface area (Å²) in [6, 6.07) is 20.7. The highest BCUT2D eigenvalue weighted by atomic mass is 32.1. The van der Waals surface area contributed by atoms with E-state index < -0.39 is 11.6 Å². The standard InChI is InChI=1S/C29H22F2N4O2S/c1-16-13-17(37-25-8-3-6-21(30)27(25)31)10-11-24(16)35-29(32)20(15-33-35)28(36)23-14-19-18(26-9-4-12-38-26)5-2-7-22(19)34-23/h2-14,33-34H,15,32H2,1H3. The third-order valence-electron chi connectivity index (χ3n) is 6.49. The molecule has 3 heterocycles. The first-order valence-corrected chi connectivity index (χ1v) is 12.7. The van der Waals surface area contributed by atoms with Gasteiger partial charge in [-0.2, -0.15) is 4.39 Å². The number of carbonyl (C=O) groups excluding carboxylic acids is 1. The van der Waals surface area contributed by atoms with Crippen LogP contribution in [0.2, 0.25) is 0 Å². The topological polar surface area (TPSA) is 83.4 Å². The van der Waals surface area contributed by atoms with Crippen LogP contribution in [0.25, 0.3) is 21.3 Å². The number of Topliss-reactive ketones (excluding diaryl/α,β-unsaturated/α-hetero) is 1. The number of hydrazine groups is 1. The Labute approximate surface area is 220 Å². The molecule has 0 spiro atoms. The molecule has 0 radical (unpaired) electrons. The number of ether oxygens (including phenoxy) is 1. The Balaban J connectivity index is 1.27. The van der Waals surface area contributed by atoms with Gasteiger partial charge in [-0.05, 0) is 66.4 Å². The second kappa shape index (κ2) is 9.44. The maximum Gasteiger partial charge on any atom is 0.210 e. The number of fused-ring (bicyclic) bond motifs is 1. The molecule has 0 fully saturated rings. The number of aryl methyl sites for hydroxylation is 1. The zero-order valence-corrected chi connectivity index (χ0v) is 21.0. The Morgan fingerprint density at radius 2 is 1.89 bits per heavy atom. The monoisotopic (exact) mass is 528 g/mol. The van der Waals surface area contributed by atoms with E-state index in [4.69, 9.17) is 10.5 Å². The highest BCUT2D eigenvalue weighted by Gasteiger charge is 2.29. The number of aromatic amines is 1. The molecular formula is C29H22F2N4O2S. The molecule has 0 amide bonds. The predicted octanol–water partition coefficient (Wildman–Crippen LogP) is 6.65. The zero-order chi connectivity index (χ0) is 26.4. The fraction of sp³-hybridized carbons (Fsp3) is 0.0690. The van der Waals surface area contributed by atoms with Gasteiger partial charge in [-0.1, -0.05) is 24.3 Å². The lowest BCUT2D eigenvalue weighted by molar-refractivity contribution is 0.102. The van der Waals surface area contributed by atoms with Crippen molar-refractivity contribution in [3.63, 3.8) is 0 Å². The molecule has 0 atom stereocenters. The van der Waals surface area contributed by atoms with Crippen LogP contribution in [-0.2, 0) is 0 Å². The molecule has 0 aliphatic carbocycles. The second-order valence-electron chi connectivity index (χ2n) is 8.89. The van der Waals surface area contributed by atoms with Crippen molar-refractivity contribution in [1.29, 1.82) is 0 Å². The summed E-state index contributed by atoms with van der Waals surface area (Å²) in [7, 11) is 0. The molecule has 0 saturated carbocycles. The van der Waals surface area contributed by atoms with Gasteiger partial charge in [-0.25, -0.2) is 9.82 Å². The number of rotatable bonds is 6. The van der Waals surface area contributed by atoms with Gasteiger partial charge < -0.3 is 15.5 Å². The molecule has 1 aliphatic heterocycles. The van der Waals surface area contributed by atoms with Crippen LogP contribution < -0.4 is 20.9 Å². The van der Waals surface area contributed by atoms with Gasteiger partial charge in [0.05, 0.1) is 17.0 Å². The van der Waals surface area contributed by atoms with Crippen molar-refractivity contribution >= 4 is 33.7 Å². The van der Waals surface area contributed by atoms with E-state index in [1.165, 1.54) is 12.1 Å². The highest BCUT2D eigenvalue weighted by Crippen LogP contribution is 2.34. The Kier molecular flexibility index (Phi) is 5.94. The molecule has 0 saturated heterocycles. The first kappa shape index (κ1) is 23.9. The summed E-state index contributed by atoms with van der Waals surface area (Å²) in [4.78, 5) is 17.9. The number of nitrogens with two attached hydrogens (primary N) is 1. The van der Waals surface area contributed by atoms with Gasteiger partial charge in [0.15, 0.2) is 11.6 Å². The fourth-order valence-corrected chi connectivity index (χ4v) is 5.37. The smallest absolute Gasteiger partial charge is 0.210 e. The molecule has 2 aromatic heterocycles. The summed E-state index contributed by atoms with van der Waals surface area (Å²) in [5, 5.41) is 4.65. The minimum Gasteiger partial charge on any atom is -0.454 e. The van der Waals surface area contributed by atoms with E-state index in [0.717, 1.165) is 33.0 Å². The highest BCUT2D eigenvalue weighted by molar-refractivity contribution is 7.13. The molecule has 6 nitrogen and oxygen atoms in total. The van der Waals surface area contributed by atoms with E-state index in [0.29, 0.717) is 28.5 Å². The molecule has 38 heavy (non-hydrogen) atoms. The SMILES string of the molecule is Cc1cc(Oc2cccc(F)c2F)ccc1N1NCC(C(=O)c2cc3c(-c4cccs4)cccc3[nH]2)=C1N. The Morgan fingerprint density at radius 3 is 2.68 bits per heavy atom. The van der Waals surface area contributed by atoms with Crippen LogP contribution >= 0.6 is 11.3 Å². The van der Waals surface area contributed by atoms with Crippen molar-refractivity contribution in [2.45, 2.75) is 6.92 Å². The van der Waals surface area contributed by atoms with Crippen molar-refractivity contribution in [1.82, 2.24) is 10.4 Å². The van der Waals surface area contributed by atoms with E-state index in [9.17, 15) is 13.6 Å². The summed E-state index contributed by atoms with van der Waals surface area (Å²) in [5.41, 5.74) is 13.9. The van der Waals surface area contributed by atoms with Crippen LogP contribution in [0.5, 0.6) is 11.5 Å². The Hall–Kier alpha value is -4.47. The number of benzene rings is 3. The Morgan fingerprint density at radius 1 is 1.05 bits per heavy atom. The first-order valence-electron chi connectivity index (χ1n) is 11.9. The van der Waals surface area contributed by atoms with Crippen molar-refractivity contribution in [3.05, 3.63) is 112 Å². The molecule has 3 aromatic carbocycles. The van der Waals surface area contributed by atoms with Crippen LogP contribution in [0, 0.1) is 18.6 Å². The number of halogens is 2. The normalized spacial score (nSPS) is 13.5. The third kappa shape index (κ3) is 4.11. The average molecular weight is 529 g/mol. The quantitative estimate of drug-likeness (QED) is 0.215. The number of thiophene rings is 1. The molecule has 0 unspecified atom stereocenters. The number of ketones is 1. The number of H-pyrrole nitrogens is 1. The first-order chi connectivity index (χ1) is 18.4. The van der Waals surface area contributed by atoms with Crippen LogP contribution in [0.3, 0.4) is 0 Å². The van der Waals surface area contributed by atoms with Crippen LogP contribution in [0.1, 0.15) is 16.1 Å². The van der Waals surface area contributed by atoms with Crippen molar-refractivity contribution in [3.8, 4) is 21.9 Å². The van der Waals surface area contributed by atoms with Crippen molar-refractivity contribution < 1.29 is 18.3 Å². The molecule has 4 N–H and O–H groups in total. The number of hydrogen-bond acceptors (Lipinski definition) is 6. The van der Waals surface area contributed by atoms with Crippen LogP contribution in [0.4, 0.5) is 14.5 Å². The lowest BCUT2D eigenvalue weighted by Gasteiger charge is -2.22. The lowest BCUT2D eigenvalue weighted by Crippen LogP contribution is -2.35. The van der Waals surface area contributed by atoms with Crippen LogP contribution in [-0.4, -0.2) is 17.3 Å². The lowest BCUT2D eigenvalue weighted by atomic mass is 10.1. The van der Waals surface area contributed by atoms with Crippen molar-refractivity contribution in [2.75, 3.05) is 11.6 Å². The van der Waals surface area contributed by atoms with Gasteiger partial charge in [0.25, 0.3) is 0 Å². The van der Waals surface area contributed by atoms with E-state index in [2.05, 4.69) is 16.5 Å². The summed E-state index contributed by atoms with van der Waals surface area (Å²) in [6.45, 7) is 2.09. The van der Waals surface area contributed by atoms with E-state index in [-0.39, 0.29) is 18.1 Å². The largest absolute Gasteiger partial charge is 0.454 e. The number of hydrogen-bond donors (Lipinski definition) is 3. The van der Waals surface area contributed by atoms with Gasteiger partial charge in [-0.15, -0.1) is 11.3 Å². The maximum atomic E-state index is 14.0. The van der Waals surface area contributed by atoms with Crippen LogP contribution in [0.15, 0.2) is 89.6 Å². The van der Waals surface area contributed by atoms with Gasteiger partial charge >= 0.3 is 0 Å². The van der Waals surface area contributed by atoms with Gasteiger partial charge in [-0.3, -0.25) is 9.80 Å². The number of nitrogens with one attached hydrogen (secondary N) is 2. The number of aromatic nitrogens is 1. The van der Waals surface area contributed by atoms with Gasteiger partial charge in [0.1, 0.15) is 11.6 Å². The maximum absolute atomic E-state index is 14.0. The average Bonchev–Trinajstić information content (AvgIpc) is 3.67. The molecule has 0 bridgehead atoms. The van der Waals surface area contributed by atoms with E-state index in [1.54, 1.807) is 34.5 Å². The van der Waals surface area contributed by atoms with Crippen molar-refractivity contribution in [2.24, 2.45) is 5.73 Å². The van der Waals surface area contributed by atoms with E-state index >= 15 is 0 Å². The number of carbonyl (C=O) groups is 1. The fourth-order valence-electron chi connectivity index (χ4n) is 4.60. The minimum absolute atomic E-state index is 0.190.